The summed E-state index contributed by atoms with van der Waals surface area (Å²) in [4.78, 5) is 18.7. The number of pyridine rings is 1. The van der Waals surface area contributed by atoms with E-state index < -0.39 is 17.8 Å². The number of anilines is 1. The highest BCUT2D eigenvalue weighted by atomic mass is 19.3. The first-order chi connectivity index (χ1) is 14.0. The van der Waals surface area contributed by atoms with Crippen LogP contribution in [0.2, 0.25) is 0 Å². The van der Waals surface area contributed by atoms with Gasteiger partial charge < -0.3 is 9.64 Å². The molecule has 1 saturated heterocycles. The molecular weight excluding hydrogens is 378 g/mol. The molecule has 2 aromatic rings. The fourth-order valence-corrected chi connectivity index (χ4v) is 4.48. The lowest BCUT2D eigenvalue weighted by Crippen LogP contribution is -2.29. The zero-order chi connectivity index (χ0) is 20.2. The number of carbonyl (C=O) groups is 1. The van der Waals surface area contributed by atoms with Crippen molar-refractivity contribution in [3.8, 4) is 0 Å². The van der Waals surface area contributed by atoms with Gasteiger partial charge in [0.25, 0.3) is 5.92 Å². The lowest BCUT2D eigenvalue weighted by atomic mass is 9.81. The van der Waals surface area contributed by atoms with Crippen LogP contribution in [0.15, 0.2) is 24.5 Å². The number of ether oxygens (including phenoxy) is 1. The molecule has 8 heteroatoms. The van der Waals surface area contributed by atoms with Gasteiger partial charge in [-0.25, -0.2) is 18.6 Å². The number of carbonyl (C=O) groups excluding carboxylic acids is 1. The van der Waals surface area contributed by atoms with Crippen molar-refractivity contribution in [2.24, 2.45) is 11.8 Å². The van der Waals surface area contributed by atoms with Gasteiger partial charge in [-0.2, -0.15) is 5.10 Å². The maximum Gasteiger partial charge on any atom is 0.341 e. The summed E-state index contributed by atoms with van der Waals surface area (Å²) in [7, 11) is 0. The lowest BCUT2D eigenvalue weighted by molar-refractivity contribution is 0.0526. The van der Waals surface area contributed by atoms with Crippen molar-refractivity contribution in [1.82, 2.24) is 14.8 Å². The quantitative estimate of drug-likeness (QED) is 0.693. The van der Waals surface area contributed by atoms with E-state index in [1.807, 2.05) is 17.0 Å². The summed E-state index contributed by atoms with van der Waals surface area (Å²) in [5.74, 6) is -2.68. The van der Waals surface area contributed by atoms with Gasteiger partial charge in [0.15, 0.2) is 0 Å². The van der Waals surface area contributed by atoms with E-state index in [2.05, 4.69) is 5.10 Å². The van der Waals surface area contributed by atoms with Crippen LogP contribution in [0.25, 0.3) is 0 Å². The van der Waals surface area contributed by atoms with Gasteiger partial charge in [-0.15, -0.1) is 0 Å². The van der Waals surface area contributed by atoms with Crippen LogP contribution in [-0.4, -0.2) is 46.4 Å². The van der Waals surface area contributed by atoms with Crippen molar-refractivity contribution in [3.63, 3.8) is 0 Å². The molecule has 1 aliphatic heterocycles. The summed E-state index contributed by atoms with van der Waals surface area (Å²) < 4.78 is 33.8. The molecule has 0 N–H and O–H groups in total. The van der Waals surface area contributed by atoms with E-state index in [1.54, 1.807) is 17.8 Å². The predicted octanol–water partition coefficient (Wildman–Crippen LogP) is 3.47. The van der Waals surface area contributed by atoms with Crippen molar-refractivity contribution in [2.45, 2.75) is 44.6 Å². The first kappa shape index (κ1) is 18.5. The highest BCUT2D eigenvalue weighted by Gasteiger charge is 2.71. The summed E-state index contributed by atoms with van der Waals surface area (Å²) in [6.07, 6.45) is 6.58. The molecule has 2 atom stereocenters. The van der Waals surface area contributed by atoms with Crippen molar-refractivity contribution in [2.75, 3.05) is 24.6 Å². The molecule has 0 radical (unpaired) electrons. The minimum Gasteiger partial charge on any atom is -0.462 e. The van der Waals surface area contributed by atoms with Crippen LogP contribution in [0.5, 0.6) is 0 Å². The normalized spacial score (nSPS) is 24.9. The summed E-state index contributed by atoms with van der Waals surface area (Å²) in [5, 5.41) is 4.28. The highest BCUT2D eigenvalue weighted by Crippen LogP contribution is 2.59. The smallest absolute Gasteiger partial charge is 0.341 e. The number of nitrogens with zero attached hydrogens (tertiary/aromatic N) is 4. The van der Waals surface area contributed by atoms with Gasteiger partial charge in [-0.3, -0.25) is 4.68 Å². The van der Waals surface area contributed by atoms with E-state index in [-0.39, 0.29) is 5.97 Å². The second-order valence-corrected chi connectivity index (χ2v) is 8.28. The second-order valence-electron chi connectivity index (χ2n) is 8.28. The van der Waals surface area contributed by atoms with Crippen LogP contribution in [0, 0.1) is 11.8 Å². The Kier molecular flexibility index (Phi) is 4.33. The predicted molar refractivity (Wildman–Crippen MR) is 102 cm³/mol. The summed E-state index contributed by atoms with van der Waals surface area (Å²) in [5.41, 5.74) is 2.53. The number of piperidine rings is 1. The number of alkyl halides is 2. The van der Waals surface area contributed by atoms with E-state index in [0.717, 1.165) is 29.9 Å². The van der Waals surface area contributed by atoms with Crippen LogP contribution in [-0.2, 0) is 11.3 Å². The Morgan fingerprint density at radius 2 is 2.03 bits per heavy atom. The van der Waals surface area contributed by atoms with E-state index in [0.29, 0.717) is 37.7 Å². The monoisotopic (exact) mass is 402 g/mol. The van der Waals surface area contributed by atoms with E-state index in [1.165, 1.54) is 12.6 Å². The molecule has 0 aromatic carbocycles. The topological polar surface area (TPSA) is 60.2 Å². The molecule has 5 rings (SSSR count). The highest BCUT2D eigenvalue weighted by molar-refractivity contribution is 5.88. The Morgan fingerprint density at radius 1 is 1.28 bits per heavy atom. The Morgan fingerprint density at radius 3 is 2.69 bits per heavy atom. The number of aromatic nitrogens is 3. The third-order valence-electron chi connectivity index (χ3n) is 6.49. The molecule has 2 saturated carbocycles. The van der Waals surface area contributed by atoms with Gasteiger partial charge in [0, 0.05) is 25.2 Å². The Labute approximate surface area is 167 Å². The molecule has 2 aliphatic carbocycles. The summed E-state index contributed by atoms with van der Waals surface area (Å²) in [6.45, 7) is 3.38. The maximum absolute atomic E-state index is 13.5. The SMILES string of the molecule is CCOC(=O)c1cnn(Cc2ccc(N3CC4C(C3)C4(F)F)nc2C2CCC2)c1. The molecule has 0 spiro atoms. The minimum absolute atomic E-state index is 0.325. The zero-order valence-corrected chi connectivity index (χ0v) is 16.4. The summed E-state index contributed by atoms with van der Waals surface area (Å²) >= 11 is 0. The molecule has 2 aromatic heterocycles. The molecular formula is C21H24F2N4O2. The number of halogens is 2. The van der Waals surface area contributed by atoms with Crippen LogP contribution in [0.1, 0.15) is 53.7 Å². The molecule has 29 heavy (non-hydrogen) atoms. The van der Waals surface area contributed by atoms with Crippen molar-refractivity contribution in [3.05, 3.63) is 41.3 Å². The number of rotatable bonds is 6. The zero-order valence-electron chi connectivity index (χ0n) is 16.4. The molecule has 3 heterocycles. The molecule has 3 aliphatic rings. The molecule has 2 unspecified atom stereocenters. The molecule has 0 amide bonds. The number of hydrogen-bond donors (Lipinski definition) is 0. The first-order valence-corrected chi connectivity index (χ1v) is 10.3. The minimum atomic E-state index is -2.48. The van der Waals surface area contributed by atoms with E-state index in [9.17, 15) is 13.6 Å². The number of esters is 1. The Balaban J connectivity index is 1.35. The van der Waals surface area contributed by atoms with Gasteiger partial charge in [0.05, 0.1) is 42.4 Å². The van der Waals surface area contributed by atoms with E-state index in [4.69, 9.17) is 9.72 Å². The maximum atomic E-state index is 13.5. The average molecular weight is 402 g/mol. The van der Waals surface area contributed by atoms with E-state index >= 15 is 0 Å². The fraction of sp³-hybridized carbons (Fsp3) is 0.571. The molecule has 6 nitrogen and oxygen atoms in total. The summed E-state index contributed by atoms with van der Waals surface area (Å²) in [6, 6.07) is 3.96. The molecule has 154 valence electrons. The van der Waals surface area contributed by atoms with Crippen LogP contribution in [0.4, 0.5) is 14.6 Å². The molecule has 3 fully saturated rings. The van der Waals surface area contributed by atoms with Crippen LogP contribution < -0.4 is 4.90 Å². The first-order valence-electron chi connectivity index (χ1n) is 10.3. The second kappa shape index (κ2) is 6.78. The fourth-order valence-electron chi connectivity index (χ4n) is 4.48. The standard InChI is InChI=1S/C21H24F2N4O2/c1-2-29-20(28)15-8-24-27(10-15)9-14-6-7-18(25-19(14)13-4-3-5-13)26-11-16-17(12-26)21(16,22)23/h6-8,10,13,16-17H,2-5,9,11-12H2,1H3. The number of hydrogen-bond acceptors (Lipinski definition) is 5. The third-order valence-corrected chi connectivity index (χ3v) is 6.49. The largest absolute Gasteiger partial charge is 0.462 e. The van der Waals surface area contributed by atoms with Gasteiger partial charge in [0.2, 0.25) is 0 Å². The number of fused-ring (bicyclic) bond motifs is 1. The lowest BCUT2D eigenvalue weighted by Gasteiger charge is -2.29. The van der Waals surface area contributed by atoms with Crippen LogP contribution in [0.3, 0.4) is 0 Å². The van der Waals surface area contributed by atoms with Crippen molar-refractivity contribution < 1.29 is 18.3 Å². The average Bonchev–Trinajstić information content (AvgIpc) is 3.11. The third kappa shape index (κ3) is 3.18. The van der Waals surface area contributed by atoms with Crippen molar-refractivity contribution in [1.29, 1.82) is 0 Å². The van der Waals surface area contributed by atoms with Crippen LogP contribution >= 0.6 is 0 Å². The van der Waals surface area contributed by atoms with Gasteiger partial charge >= 0.3 is 5.97 Å². The van der Waals surface area contributed by atoms with Crippen molar-refractivity contribution >= 4 is 11.8 Å². The van der Waals surface area contributed by atoms with Gasteiger partial charge in [0.1, 0.15) is 5.82 Å². The Bertz CT molecular complexity index is 927. The van der Waals surface area contributed by atoms with Gasteiger partial charge in [-0.05, 0) is 31.4 Å². The Hall–Kier alpha value is -2.51. The molecule has 0 bridgehead atoms. The van der Waals surface area contributed by atoms with Gasteiger partial charge in [-0.1, -0.05) is 12.5 Å².